The quantitative estimate of drug-likeness (QED) is 0.0866. The number of alkyl halides is 3. The van der Waals surface area contributed by atoms with Crippen molar-refractivity contribution in [1.82, 2.24) is 24.7 Å². The molecule has 0 amide bonds. The van der Waals surface area contributed by atoms with Crippen molar-refractivity contribution in [2.75, 3.05) is 62.6 Å². The van der Waals surface area contributed by atoms with Gasteiger partial charge >= 0.3 is 5.51 Å². The summed E-state index contributed by atoms with van der Waals surface area (Å²) in [5.41, 5.74) is -1.28. The van der Waals surface area contributed by atoms with Crippen LogP contribution in [0.5, 0.6) is 0 Å². The number of hydrogen-bond acceptors (Lipinski definition) is 11. The van der Waals surface area contributed by atoms with Gasteiger partial charge in [-0.15, -0.1) is 11.8 Å². The lowest BCUT2D eigenvalue weighted by atomic mass is 9.96. The first kappa shape index (κ1) is 48.0. The maximum absolute atomic E-state index is 14.1. The molecule has 19 heteroatoms. The first-order chi connectivity index (χ1) is 30.5. The second-order valence-corrected chi connectivity index (χ2v) is 21.8. The van der Waals surface area contributed by atoms with E-state index in [4.69, 9.17) is 23.2 Å². The van der Waals surface area contributed by atoms with E-state index in [9.17, 15) is 30.0 Å². The van der Waals surface area contributed by atoms with Crippen LogP contribution in [0, 0.1) is 5.92 Å². The van der Waals surface area contributed by atoms with Gasteiger partial charge in [-0.25, -0.2) is 26.8 Å². The van der Waals surface area contributed by atoms with E-state index in [2.05, 4.69) is 48.0 Å². The Bertz CT molecular complexity index is 2640. The largest absolute Gasteiger partial charge is 0.501 e. The highest BCUT2D eigenvalue weighted by Crippen LogP contribution is 2.38. The fourth-order valence-corrected chi connectivity index (χ4v) is 11.7. The van der Waals surface area contributed by atoms with Crippen LogP contribution in [0.4, 0.5) is 24.7 Å². The molecule has 11 nitrogen and oxygen atoms in total. The van der Waals surface area contributed by atoms with E-state index in [1.807, 2.05) is 67.5 Å². The van der Waals surface area contributed by atoms with Crippen LogP contribution in [-0.2, 0) is 39.4 Å². The molecule has 0 saturated carbocycles. The normalized spacial score (nSPS) is 16.1. The number of anilines is 2. The lowest BCUT2D eigenvalue weighted by molar-refractivity contribution is -0.0435. The number of nitrogens with one attached hydrogen (secondary N) is 2. The molecule has 2 aliphatic rings. The highest BCUT2D eigenvalue weighted by molar-refractivity contribution is 7.99. The Morgan fingerprint density at radius 1 is 0.906 bits per heavy atom. The van der Waals surface area contributed by atoms with E-state index in [0.717, 1.165) is 55.1 Å². The van der Waals surface area contributed by atoms with E-state index < -0.39 is 35.2 Å². The molecule has 0 bridgehead atoms. The van der Waals surface area contributed by atoms with E-state index in [1.165, 1.54) is 29.2 Å². The molecule has 0 unspecified atom stereocenters. The average Bonchev–Trinajstić information content (AvgIpc) is 3.26. The average molecular weight is 977 g/mol. The third-order valence-corrected chi connectivity index (χ3v) is 16.5. The summed E-state index contributed by atoms with van der Waals surface area (Å²) in [5, 5.41) is 4.16. The molecule has 2 N–H and O–H groups in total. The number of aromatic nitrogens is 2. The summed E-state index contributed by atoms with van der Waals surface area (Å²) in [6.45, 7) is 4.49. The number of halogens is 5. The zero-order chi connectivity index (χ0) is 45.6. The van der Waals surface area contributed by atoms with E-state index >= 15 is 0 Å². The fraction of sp³-hybridized carbons (Fsp3) is 0.378. The molecule has 1 fully saturated rings. The highest BCUT2D eigenvalue weighted by atomic mass is 35.5. The molecule has 7 rings (SSSR count). The molecule has 2 aliphatic heterocycles. The van der Waals surface area contributed by atoms with Crippen LogP contribution >= 0.6 is 35.0 Å². The summed E-state index contributed by atoms with van der Waals surface area (Å²) in [5.74, 6) is 0.406. The Labute approximate surface area is 387 Å². The van der Waals surface area contributed by atoms with Crippen LogP contribution in [0.15, 0.2) is 112 Å². The number of rotatable bonds is 17. The summed E-state index contributed by atoms with van der Waals surface area (Å²) in [6, 6.07) is 26.5. The number of sulfone groups is 1. The maximum atomic E-state index is 14.1. The molecule has 0 spiro atoms. The van der Waals surface area contributed by atoms with Crippen LogP contribution in [0.3, 0.4) is 0 Å². The second kappa shape index (κ2) is 20.7. The summed E-state index contributed by atoms with van der Waals surface area (Å²) in [6.07, 6.45) is 4.20. The Kier molecular flexibility index (Phi) is 15.5. The number of hydrogen-bond donors (Lipinski definition) is 2. The van der Waals surface area contributed by atoms with Crippen LogP contribution in [0.1, 0.15) is 36.1 Å². The molecule has 1 atom stereocenters. The predicted molar refractivity (Wildman–Crippen MR) is 249 cm³/mol. The molecule has 0 radical (unpaired) electrons. The number of benzene rings is 4. The molecular formula is C45H50Cl2F3N7O4S3. The van der Waals surface area contributed by atoms with Crippen molar-refractivity contribution in [3.63, 3.8) is 0 Å². The maximum Gasteiger partial charge on any atom is 0.501 e. The molecule has 1 aromatic heterocycles. The number of fused-ring (bicyclic) bond motifs is 1. The van der Waals surface area contributed by atoms with E-state index in [-0.39, 0.29) is 30.0 Å². The topological polar surface area (TPSA) is 128 Å². The monoisotopic (exact) mass is 975 g/mol. The van der Waals surface area contributed by atoms with Crippen molar-refractivity contribution >= 4 is 66.3 Å². The van der Waals surface area contributed by atoms with Crippen molar-refractivity contribution in [3.05, 3.63) is 124 Å². The molecule has 0 aliphatic carbocycles. The van der Waals surface area contributed by atoms with Gasteiger partial charge in [-0.1, -0.05) is 71.7 Å². The van der Waals surface area contributed by atoms with Gasteiger partial charge in [0.25, 0.3) is 19.9 Å². The summed E-state index contributed by atoms with van der Waals surface area (Å²) in [7, 11) is -6.81. The third kappa shape index (κ3) is 11.7. The van der Waals surface area contributed by atoms with Gasteiger partial charge in [0.05, 0.1) is 21.3 Å². The van der Waals surface area contributed by atoms with Gasteiger partial charge < -0.3 is 10.2 Å². The number of piperidine rings is 1. The third-order valence-electron chi connectivity index (χ3n) is 11.6. The van der Waals surface area contributed by atoms with Gasteiger partial charge in [0, 0.05) is 53.5 Å². The van der Waals surface area contributed by atoms with E-state index in [1.54, 1.807) is 6.07 Å². The first-order valence-corrected chi connectivity index (χ1v) is 25.6. The molecule has 3 heterocycles. The minimum atomic E-state index is -5.99. The Hall–Kier alpha value is -3.94. The number of nitrogens with zero attached hydrogens (tertiary/aromatic N) is 5. The minimum Gasteiger partial charge on any atom is -0.384 e. The van der Waals surface area contributed by atoms with Crippen LogP contribution in [0.2, 0.25) is 10.0 Å². The van der Waals surface area contributed by atoms with Gasteiger partial charge in [-0.3, -0.25) is 14.5 Å². The lowest BCUT2D eigenvalue weighted by Gasteiger charge is -2.40. The highest BCUT2D eigenvalue weighted by Gasteiger charge is 2.48. The van der Waals surface area contributed by atoms with Crippen LogP contribution in [-0.4, -0.2) is 106 Å². The van der Waals surface area contributed by atoms with Crippen molar-refractivity contribution in [2.24, 2.45) is 5.92 Å². The summed E-state index contributed by atoms with van der Waals surface area (Å²) < 4.78 is 98.6. The van der Waals surface area contributed by atoms with Gasteiger partial charge in [-0.2, -0.15) is 13.2 Å². The molecule has 1 saturated heterocycles. The number of thioether (sulfide) groups is 1. The van der Waals surface area contributed by atoms with Crippen LogP contribution in [0.25, 0.3) is 11.1 Å². The minimum absolute atomic E-state index is 0.000931. The van der Waals surface area contributed by atoms with Crippen molar-refractivity contribution in [1.29, 1.82) is 0 Å². The molecule has 342 valence electrons. The summed E-state index contributed by atoms with van der Waals surface area (Å²) >= 11 is 14.0. The van der Waals surface area contributed by atoms with Crippen molar-refractivity contribution < 1.29 is 30.0 Å². The van der Waals surface area contributed by atoms with E-state index in [0.29, 0.717) is 65.6 Å². The van der Waals surface area contributed by atoms with Gasteiger partial charge in [0.1, 0.15) is 17.0 Å². The molecule has 5 aromatic rings. The van der Waals surface area contributed by atoms with Gasteiger partial charge in [0.15, 0.2) is 0 Å². The fourth-order valence-electron chi connectivity index (χ4n) is 8.08. The Morgan fingerprint density at radius 2 is 1.62 bits per heavy atom. The SMILES string of the molecule is CN(C)CC[C@@H](CNc1ccc(S(=O)(=O)Nc2ncnc3c2CCN(C2CCN(Cc4ccccc4-c4ccc(Cl)cc4)CC2)C3)cc1S(=O)(=O)C(F)(F)F)CSc1ccccc1Cl. The second-order valence-electron chi connectivity index (χ2n) is 16.3. The lowest BCUT2D eigenvalue weighted by Crippen LogP contribution is -2.46. The standard InChI is InChI=1S/C45H50Cl2F3N7O4S3/c1-55(2)21-17-31(29-62-42-10-6-5-9-39(42)47)26-51-40-16-15-36(25-43(40)63(58,59)45(48,49)50)64(60,61)54-44-38-20-24-57(28-41(38)52-30-53-44)35-18-22-56(23-19-35)27-33-7-3-4-8-37(33)32-11-13-34(46)14-12-32/h3-16,25,30-31,35,51H,17-24,26-29H2,1-2H3,(H,52,53,54)/t31-/m0/s1. The zero-order valence-corrected chi connectivity index (χ0v) is 39.3. The number of sulfonamides is 1. The smallest absolute Gasteiger partial charge is 0.384 e. The van der Waals surface area contributed by atoms with Gasteiger partial charge in [0.2, 0.25) is 0 Å². The molecular weight excluding hydrogens is 927 g/mol. The first-order valence-electron chi connectivity index (χ1n) is 20.9. The predicted octanol–water partition coefficient (Wildman–Crippen LogP) is 9.34. The van der Waals surface area contributed by atoms with Crippen molar-refractivity contribution in [2.45, 2.75) is 65.0 Å². The van der Waals surface area contributed by atoms with Crippen LogP contribution < -0.4 is 10.0 Å². The number of likely N-dealkylation sites (tertiary alicyclic amines) is 1. The molecule has 64 heavy (non-hydrogen) atoms. The summed E-state index contributed by atoms with van der Waals surface area (Å²) in [4.78, 5) is 14.5. The molecule has 4 aromatic carbocycles. The van der Waals surface area contributed by atoms with Gasteiger partial charge in [-0.05, 0) is 124 Å². The van der Waals surface area contributed by atoms with Crippen molar-refractivity contribution in [3.8, 4) is 11.1 Å². The Balaban J connectivity index is 1.02. The zero-order valence-electron chi connectivity index (χ0n) is 35.4. The Morgan fingerprint density at radius 3 is 2.34 bits per heavy atom.